The van der Waals surface area contributed by atoms with Crippen molar-refractivity contribution < 1.29 is 29.6 Å². The van der Waals surface area contributed by atoms with Crippen LogP contribution in [0, 0.1) is 0 Å². The summed E-state index contributed by atoms with van der Waals surface area (Å²) in [6.45, 7) is 2.25. The van der Waals surface area contributed by atoms with Gasteiger partial charge in [-0.1, -0.05) is 60.7 Å². The number of ether oxygens (including phenoxy) is 2. The number of hydrogen-bond acceptors (Lipinski definition) is 14. The number of carbonyl (C=O) groups excluding carboxylic acids is 1. The van der Waals surface area contributed by atoms with Crippen molar-refractivity contribution >= 4 is 39.7 Å². The number of hydrogen-bond donors (Lipinski definition) is 4. The third kappa shape index (κ3) is 5.61. The highest BCUT2D eigenvalue weighted by Gasteiger charge is 2.50. The van der Waals surface area contributed by atoms with Gasteiger partial charge in [-0.25, -0.2) is 9.78 Å². The number of anilines is 2. The van der Waals surface area contributed by atoms with E-state index in [2.05, 4.69) is 30.4 Å². The summed E-state index contributed by atoms with van der Waals surface area (Å²) in [5.41, 5.74) is 7.71. The zero-order valence-electron chi connectivity index (χ0n) is 25.7. The van der Waals surface area contributed by atoms with Crippen molar-refractivity contribution in [2.45, 2.75) is 44.4 Å². The monoisotopic (exact) mass is 652 g/mol. The van der Waals surface area contributed by atoms with Crippen molar-refractivity contribution in [1.82, 2.24) is 39.7 Å². The number of benzene rings is 3. The van der Waals surface area contributed by atoms with Gasteiger partial charge in [-0.15, -0.1) is 10.2 Å². The van der Waals surface area contributed by atoms with Crippen molar-refractivity contribution in [2.75, 3.05) is 23.9 Å². The van der Waals surface area contributed by atoms with Crippen molar-refractivity contribution in [1.29, 1.82) is 0 Å². The zero-order chi connectivity index (χ0) is 33.4. The van der Waals surface area contributed by atoms with E-state index >= 15 is 0 Å². The molecule has 0 saturated carbocycles. The highest BCUT2D eigenvalue weighted by atomic mass is 16.6. The van der Waals surface area contributed by atoms with E-state index in [-0.39, 0.29) is 46.8 Å². The van der Waals surface area contributed by atoms with E-state index in [1.807, 2.05) is 49.4 Å². The lowest BCUT2D eigenvalue weighted by atomic mass is 10.0. The van der Waals surface area contributed by atoms with E-state index in [1.54, 1.807) is 23.1 Å². The van der Waals surface area contributed by atoms with Crippen LogP contribution in [0.3, 0.4) is 0 Å². The maximum Gasteiger partial charge on any atom is 0.342 e. The predicted octanol–water partition coefficient (Wildman–Crippen LogP) is 2.13. The van der Waals surface area contributed by atoms with Gasteiger partial charge in [-0.05, 0) is 35.6 Å². The molecule has 1 aliphatic rings. The number of imidazole rings is 1. The first-order valence-electron chi connectivity index (χ1n) is 15.3. The number of aliphatic hydroxyl groups excluding tert-OH is 2. The van der Waals surface area contributed by atoms with Crippen LogP contribution in [0.15, 0.2) is 73.1 Å². The second kappa shape index (κ2) is 12.8. The molecular weight excluding hydrogens is 620 g/mol. The molecule has 16 nitrogen and oxygen atoms in total. The van der Waals surface area contributed by atoms with Crippen molar-refractivity contribution in [3.05, 3.63) is 90.0 Å². The summed E-state index contributed by atoms with van der Waals surface area (Å²) >= 11 is 0. The number of nitrogens with zero attached hydrogens (tertiary/aromatic N) is 9. The molecule has 0 aliphatic carbocycles. The van der Waals surface area contributed by atoms with E-state index in [4.69, 9.17) is 15.2 Å². The van der Waals surface area contributed by atoms with E-state index < -0.39 is 30.5 Å². The summed E-state index contributed by atoms with van der Waals surface area (Å²) in [5, 5.41) is 46.4. The number of carbonyl (C=O) groups is 1. The van der Waals surface area contributed by atoms with Gasteiger partial charge >= 0.3 is 5.97 Å². The van der Waals surface area contributed by atoms with E-state index in [1.165, 1.54) is 21.8 Å². The average molecular weight is 653 g/mol. The molecule has 5 N–H and O–H groups in total. The number of aromatic nitrogens is 8. The fourth-order valence-corrected chi connectivity index (χ4v) is 5.73. The van der Waals surface area contributed by atoms with E-state index in [0.717, 1.165) is 10.9 Å². The second-order valence-electron chi connectivity index (χ2n) is 11.2. The molecule has 3 aromatic heterocycles. The number of nitrogen functional groups attached to an aromatic ring is 1. The molecule has 0 bridgehead atoms. The summed E-state index contributed by atoms with van der Waals surface area (Å²) in [6, 6.07) is 20.0. The standard InChI is InChI=1S/C32H32N10O6/c1-2-42-38-28(37-39-42)26-25(48-31(46)21-13-12-19-10-6-7-11-20(19)23(21)44)24(45)30(47-26)41-16-34-22-27(33)35-32(36-29(22)41)40(17-43)15-14-18-8-4-3-5-9-18/h3-13,16,24-26,30,43-45H,2,14-15,17H2,1H3,(H2,33,35,36)/t24-,25+,26+,30-/m1/s1. The fourth-order valence-electron chi connectivity index (χ4n) is 5.73. The van der Waals surface area contributed by atoms with E-state index in [0.29, 0.717) is 24.9 Å². The van der Waals surface area contributed by atoms with Crippen LogP contribution in [0.5, 0.6) is 5.75 Å². The molecule has 0 radical (unpaired) electrons. The van der Waals surface area contributed by atoms with Gasteiger partial charge in [0.2, 0.25) is 11.8 Å². The van der Waals surface area contributed by atoms with Crippen LogP contribution in [-0.4, -0.2) is 86.5 Å². The predicted molar refractivity (Wildman–Crippen MR) is 171 cm³/mol. The summed E-state index contributed by atoms with van der Waals surface area (Å²) in [7, 11) is 0. The Kier molecular flexibility index (Phi) is 8.26. The highest BCUT2D eigenvalue weighted by Crippen LogP contribution is 2.41. The second-order valence-corrected chi connectivity index (χ2v) is 11.2. The van der Waals surface area contributed by atoms with Gasteiger partial charge in [0, 0.05) is 11.9 Å². The molecule has 0 spiro atoms. The van der Waals surface area contributed by atoms with Crippen LogP contribution >= 0.6 is 0 Å². The fraction of sp³-hybridized carbons (Fsp3) is 0.281. The van der Waals surface area contributed by atoms with Crippen molar-refractivity contribution in [3.63, 3.8) is 0 Å². The summed E-state index contributed by atoms with van der Waals surface area (Å²) in [5.74, 6) is -0.869. The first-order chi connectivity index (χ1) is 23.4. The lowest BCUT2D eigenvalue weighted by Crippen LogP contribution is -2.34. The number of esters is 1. The van der Waals surface area contributed by atoms with E-state index in [9.17, 15) is 20.1 Å². The molecule has 1 fully saturated rings. The number of aryl methyl sites for hydroxylation is 1. The van der Waals surface area contributed by atoms with Gasteiger partial charge < -0.3 is 35.4 Å². The number of aliphatic hydroxyl groups is 2. The molecule has 16 heteroatoms. The molecule has 4 heterocycles. The lowest BCUT2D eigenvalue weighted by Gasteiger charge is -2.21. The smallest absolute Gasteiger partial charge is 0.342 e. The number of phenolic OH excluding ortho intramolecular Hbond substituents is 1. The molecule has 1 saturated heterocycles. The minimum Gasteiger partial charge on any atom is -0.506 e. The largest absolute Gasteiger partial charge is 0.506 e. The molecule has 4 atom stereocenters. The van der Waals surface area contributed by atoms with Gasteiger partial charge in [-0.2, -0.15) is 14.8 Å². The van der Waals surface area contributed by atoms with Gasteiger partial charge in [-0.3, -0.25) is 4.57 Å². The normalized spacial score (nSPS) is 19.2. The molecule has 48 heavy (non-hydrogen) atoms. The number of aromatic hydroxyl groups is 1. The number of phenols is 1. The van der Waals surface area contributed by atoms with Crippen molar-refractivity contribution in [2.24, 2.45) is 0 Å². The Balaban J connectivity index is 1.22. The molecule has 246 valence electrons. The number of tetrazole rings is 1. The van der Waals surface area contributed by atoms with Gasteiger partial charge in [0.15, 0.2) is 29.9 Å². The van der Waals surface area contributed by atoms with Gasteiger partial charge in [0.05, 0.1) is 12.9 Å². The molecule has 1 aliphatic heterocycles. The molecule has 7 rings (SSSR count). The lowest BCUT2D eigenvalue weighted by molar-refractivity contribution is -0.0388. The van der Waals surface area contributed by atoms with Crippen LogP contribution in [0.2, 0.25) is 0 Å². The highest BCUT2D eigenvalue weighted by molar-refractivity contribution is 6.01. The molecule has 6 aromatic rings. The zero-order valence-corrected chi connectivity index (χ0v) is 25.7. The summed E-state index contributed by atoms with van der Waals surface area (Å²) in [4.78, 5) is 29.8. The molecule has 3 aromatic carbocycles. The maximum atomic E-state index is 13.5. The third-order valence-corrected chi connectivity index (χ3v) is 8.26. The number of nitrogens with two attached hydrogens (primary N) is 1. The van der Waals surface area contributed by atoms with Crippen LogP contribution in [0.4, 0.5) is 11.8 Å². The Labute approximate surface area is 273 Å². The van der Waals surface area contributed by atoms with Crippen molar-refractivity contribution in [3.8, 4) is 5.75 Å². The minimum atomic E-state index is -1.49. The Hall–Kier alpha value is -5.71. The SMILES string of the molecule is CCn1nnc([C@H]2O[C@@H](n3cnc4c(N)nc(N(CO)CCc5ccccc5)nc43)[C@H](O)[C@@H]2OC(=O)c2ccc3ccccc3c2O)n1. The van der Waals surface area contributed by atoms with Crippen LogP contribution < -0.4 is 10.6 Å². The Morgan fingerprint density at radius 2 is 1.88 bits per heavy atom. The molecular formula is C32H32N10O6. The Bertz CT molecular complexity index is 2090. The minimum absolute atomic E-state index is 0.0539. The topological polar surface area (TPSA) is 213 Å². The Morgan fingerprint density at radius 3 is 2.65 bits per heavy atom. The first-order valence-corrected chi connectivity index (χ1v) is 15.3. The number of fused-ring (bicyclic) bond motifs is 2. The quantitative estimate of drug-likeness (QED) is 0.123. The van der Waals surface area contributed by atoms with Crippen LogP contribution in [-0.2, 0) is 22.4 Å². The maximum absolute atomic E-state index is 13.5. The molecule has 0 unspecified atom stereocenters. The third-order valence-electron chi connectivity index (χ3n) is 8.26. The average Bonchev–Trinajstić information content (AvgIpc) is 3.84. The molecule has 0 amide bonds. The summed E-state index contributed by atoms with van der Waals surface area (Å²) in [6.07, 6.45) is -3.19. The first kappa shape index (κ1) is 30.9. The summed E-state index contributed by atoms with van der Waals surface area (Å²) < 4.78 is 13.6. The van der Waals surface area contributed by atoms with Gasteiger partial charge in [0.1, 0.15) is 29.7 Å². The Morgan fingerprint density at radius 1 is 1.08 bits per heavy atom. The van der Waals surface area contributed by atoms with Crippen LogP contribution in [0.25, 0.3) is 21.9 Å². The number of rotatable bonds is 10. The van der Waals surface area contributed by atoms with Gasteiger partial charge in [0.25, 0.3) is 0 Å². The van der Waals surface area contributed by atoms with Crippen LogP contribution in [0.1, 0.15) is 41.0 Å².